The van der Waals surface area contributed by atoms with Crippen molar-refractivity contribution in [1.29, 1.82) is 0 Å². The molecule has 0 radical (unpaired) electrons. The van der Waals surface area contributed by atoms with Gasteiger partial charge in [0.15, 0.2) is 6.10 Å². The van der Waals surface area contributed by atoms with Crippen molar-refractivity contribution in [2.75, 3.05) is 13.2 Å². The first-order valence-corrected chi connectivity index (χ1v) is 28.2. The van der Waals surface area contributed by atoms with Crippen LogP contribution >= 0.6 is 0 Å². The molecule has 374 valence electrons. The Kier molecular flexibility index (Phi) is 47.1. The van der Waals surface area contributed by atoms with Crippen molar-refractivity contribution in [3.63, 3.8) is 0 Å². The minimum Gasteiger partial charge on any atom is -0.462 e. The molecule has 2 unspecified atom stereocenters. The molecule has 0 N–H and O–H groups in total. The standard InChI is InChI=1S/C57H110O6/c1-7-52(5)44-38-32-26-20-16-11-9-10-12-18-22-30-36-42-48-57(60)63-54(50-62-56(59)47-41-35-29-24-23-27-33-39-45-53(6)8-2)49-61-55(58)46-40-34-28-21-17-14-13-15-19-25-31-37-43-51(3)4/h51-54H,7-50H2,1-6H3/t52?,53?,54-/m1/s1. The first kappa shape index (κ1) is 61.4. The summed E-state index contributed by atoms with van der Waals surface area (Å²) in [6.07, 6.45) is 49.4. The van der Waals surface area contributed by atoms with Crippen LogP contribution in [0.25, 0.3) is 0 Å². The van der Waals surface area contributed by atoms with Crippen molar-refractivity contribution < 1.29 is 28.6 Å². The maximum atomic E-state index is 12.8. The lowest BCUT2D eigenvalue weighted by atomic mass is 9.99. The molecule has 0 heterocycles. The van der Waals surface area contributed by atoms with Crippen LogP contribution in [-0.4, -0.2) is 37.2 Å². The van der Waals surface area contributed by atoms with Crippen LogP contribution in [0.3, 0.4) is 0 Å². The average molecular weight is 892 g/mol. The van der Waals surface area contributed by atoms with Gasteiger partial charge in [0, 0.05) is 19.3 Å². The lowest BCUT2D eigenvalue weighted by Crippen LogP contribution is -2.30. The van der Waals surface area contributed by atoms with E-state index in [9.17, 15) is 14.4 Å². The first-order valence-electron chi connectivity index (χ1n) is 28.2. The average Bonchev–Trinajstić information content (AvgIpc) is 3.27. The number of rotatable bonds is 50. The number of unbranched alkanes of at least 4 members (excludes halogenated alkanes) is 31. The SMILES string of the molecule is CCC(C)CCCCCCCCCCCCCCCCC(=O)O[C@H](COC(=O)CCCCCCCCCCCCCCC(C)C)COC(=O)CCCCCCCCCCC(C)CC. The molecule has 0 aliphatic heterocycles. The molecule has 63 heavy (non-hydrogen) atoms. The van der Waals surface area contributed by atoms with E-state index in [-0.39, 0.29) is 31.1 Å². The summed E-state index contributed by atoms with van der Waals surface area (Å²) in [5.74, 6) is 1.73. The van der Waals surface area contributed by atoms with E-state index in [4.69, 9.17) is 14.2 Å². The van der Waals surface area contributed by atoms with E-state index in [1.807, 2.05) is 0 Å². The zero-order valence-electron chi connectivity index (χ0n) is 43.4. The molecule has 0 aromatic carbocycles. The third-order valence-electron chi connectivity index (χ3n) is 13.6. The summed E-state index contributed by atoms with van der Waals surface area (Å²) in [6, 6.07) is 0. The predicted molar refractivity (Wildman–Crippen MR) is 270 cm³/mol. The highest BCUT2D eigenvalue weighted by Gasteiger charge is 2.19. The van der Waals surface area contributed by atoms with Gasteiger partial charge in [-0.05, 0) is 37.0 Å². The van der Waals surface area contributed by atoms with Crippen LogP contribution in [0.5, 0.6) is 0 Å². The number of carbonyl (C=O) groups excluding carboxylic acids is 3. The van der Waals surface area contributed by atoms with Crippen molar-refractivity contribution in [1.82, 2.24) is 0 Å². The molecular weight excluding hydrogens is 781 g/mol. The van der Waals surface area contributed by atoms with Crippen LogP contribution < -0.4 is 0 Å². The highest BCUT2D eigenvalue weighted by Crippen LogP contribution is 2.19. The van der Waals surface area contributed by atoms with Gasteiger partial charge in [-0.3, -0.25) is 14.4 Å². The Morgan fingerprint density at radius 1 is 0.317 bits per heavy atom. The molecule has 0 aliphatic rings. The second kappa shape index (κ2) is 48.3. The molecule has 0 saturated carbocycles. The van der Waals surface area contributed by atoms with Crippen LogP contribution in [0, 0.1) is 17.8 Å². The smallest absolute Gasteiger partial charge is 0.306 e. The first-order chi connectivity index (χ1) is 30.7. The van der Waals surface area contributed by atoms with E-state index >= 15 is 0 Å². The molecule has 0 aromatic heterocycles. The largest absolute Gasteiger partial charge is 0.462 e. The minimum atomic E-state index is -0.764. The Labute approximate surface area is 393 Å². The molecular formula is C57H110O6. The fraction of sp³-hybridized carbons (Fsp3) is 0.947. The lowest BCUT2D eigenvalue weighted by Gasteiger charge is -2.18. The summed E-state index contributed by atoms with van der Waals surface area (Å²) in [5, 5.41) is 0. The Bertz CT molecular complexity index is 980. The minimum absolute atomic E-state index is 0.0642. The molecule has 0 aromatic rings. The van der Waals surface area contributed by atoms with Gasteiger partial charge in [-0.15, -0.1) is 0 Å². The highest BCUT2D eigenvalue weighted by atomic mass is 16.6. The van der Waals surface area contributed by atoms with E-state index in [1.54, 1.807) is 0 Å². The molecule has 6 heteroatoms. The summed E-state index contributed by atoms with van der Waals surface area (Å²) in [6.45, 7) is 13.8. The van der Waals surface area contributed by atoms with Gasteiger partial charge in [0.25, 0.3) is 0 Å². The second-order valence-electron chi connectivity index (χ2n) is 20.5. The zero-order valence-corrected chi connectivity index (χ0v) is 43.4. The number of carbonyl (C=O) groups is 3. The summed E-state index contributed by atoms with van der Waals surface area (Å²) in [5.41, 5.74) is 0. The van der Waals surface area contributed by atoms with Gasteiger partial charge in [-0.25, -0.2) is 0 Å². The number of esters is 3. The Balaban J connectivity index is 4.31. The van der Waals surface area contributed by atoms with E-state index in [1.165, 1.54) is 193 Å². The predicted octanol–water partition coefficient (Wildman–Crippen LogP) is 18.3. The third kappa shape index (κ3) is 48.2. The summed E-state index contributed by atoms with van der Waals surface area (Å²) in [4.78, 5) is 38.1. The number of ether oxygens (including phenoxy) is 3. The quantitative estimate of drug-likeness (QED) is 0.0344. The maximum Gasteiger partial charge on any atom is 0.306 e. The highest BCUT2D eigenvalue weighted by molar-refractivity contribution is 5.71. The van der Waals surface area contributed by atoms with E-state index < -0.39 is 6.10 Å². The van der Waals surface area contributed by atoms with Gasteiger partial charge in [0.05, 0.1) is 0 Å². The van der Waals surface area contributed by atoms with Gasteiger partial charge in [-0.1, -0.05) is 273 Å². The summed E-state index contributed by atoms with van der Waals surface area (Å²) >= 11 is 0. The lowest BCUT2D eigenvalue weighted by molar-refractivity contribution is -0.167. The molecule has 0 amide bonds. The van der Waals surface area contributed by atoms with E-state index in [0.29, 0.717) is 19.3 Å². The topological polar surface area (TPSA) is 78.9 Å². The van der Waals surface area contributed by atoms with Gasteiger partial charge < -0.3 is 14.2 Å². The zero-order chi connectivity index (χ0) is 46.3. The van der Waals surface area contributed by atoms with Crippen molar-refractivity contribution in [3.05, 3.63) is 0 Å². The van der Waals surface area contributed by atoms with Crippen LogP contribution in [0.4, 0.5) is 0 Å². The van der Waals surface area contributed by atoms with Crippen LogP contribution in [0.15, 0.2) is 0 Å². The molecule has 0 saturated heterocycles. The van der Waals surface area contributed by atoms with E-state index in [0.717, 1.165) is 75.5 Å². The molecule has 6 nitrogen and oxygen atoms in total. The molecule has 0 rings (SSSR count). The van der Waals surface area contributed by atoms with Crippen LogP contribution in [0.2, 0.25) is 0 Å². The van der Waals surface area contributed by atoms with Crippen molar-refractivity contribution in [3.8, 4) is 0 Å². The van der Waals surface area contributed by atoms with Crippen molar-refractivity contribution >= 4 is 17.9 Å². The Morgan fingerprint density at radius 3 is 0.825 bits per heavy atom. The van der Waals surface area contributed by atoms with Crippen LogP contribution in [-0.2, 0) is 28.6 Å². The fourth-order valence-electron chi connectivity index (χ4n) is 8.58. The second-order valence-corrected chi connectivity index (χ2v) is 20.5. The van der Waals surface area contributed by atoms with Gasteiger partial charge >= 0.3 is 17.9 Å². The van der Waals surface area contributed by atoms with Gasteiger partial charge in [0.1, 0.15) is 13.2 Å². The molecule has 0 fully saturated rings. The normalized spacial score (nSPS) is 13.0. The number of hydrogen-bond acceptors (Lipinski definition) is 6. The monoisotopic (exact) mass is 891 g/mol. The van der Waals surface area contributed by atoms with Gasteiger partial charge in [0.2, 0.25) is 0 Å². The molecule has 0 bridgehead atoms. The molecule has 3 atom stereocenters. The Hall–Kier alpha value is -1.59. The number of hydrogen-bond donors (Lipinski definition) is 0. The molecule has 0 spiro atoms. The summed E-state index contributed by atoms with van der Waals surface area (Å²) < 4.78 is 16.9. The van der Waals surface area contributed by atoms with E-state index in [2.05, 4.69) is 41.5 Å². The Morgan fingerprint density at radius 2 is 0.556 bits per heavy atom. The van der Waals surface area contributed by atoms with Crippen molar-refractivity contribution in [2.24, 2.45) is 17.8 Å². The maximum absolute atomic E-state index is 12.8. The fourth-order valence-corrected chi connectivity index (χ4v) is 8.58. The molecule has 0 aliphatic carbocycles. The third-order valence-corrected chi connectivity index (χ3v) is 13.6. The van der Waals surface area contributed by atoms with Gasteiger partial charge in [-0.2, -0.15) is 0 Å². The summed E-state index contributed by atoms with van der Waals surface area (Å²) in [7, 11) is 0. The van der Waals surface area contributed by atoms with Crippen LogP contribution in [0.1, 0.15) is 311 Å². The van der Waals surface area contributed by atoms with Crippen molar-refractivity contribution in [2.45, 2.75) is 317 Å².